The molecule has 0 spiro atoms. The Kier molecular flexibility index (Phi) is 7.40. The highest BCUT2D eigenvalue weighted by molar-refractivity contribution is 7.19. The van der Waals surface area contributed by atoms with E-state index in [1.54, 1.807) is 6.20 Å². The lowest BCUT2D eigenvalue weighted by atomic mass is 9.98. The van der Waals surface area contributed by atoms with Crippen LogP contribution in [0.1, 0.15) is 69.0 Å². The summed E-state index contributed by atoms with van der Waals surface area (Å²) in [5.41, 5.74) is 1.84. The number of nitrogens with zero attached hydrogens (tertiary/aromatic N) is 4. The molecule has 1 saturated carbocycles. The number of rotatable bonds is 9. The Balaban J connectivity index is 1.45. The van der Waals surface area contributed by atoms with Gasteiger partial charge in [0.15, 0.2) is 11.6 Å². The standard InChI is InChI=1S/C22H28ClN5O2S/c1-3-4-10-19-27-22(28-30-19)25-12-15-11-18(23)31-20(15)21-24-13-17(14(2)26-21)29-16-8-6-5-7-9-16/h11,13,16H,3-10,12H2,1-2H3,(H,25,28). The van der Waals surface area contributed by atoms with Crippen molar-refractivity contribution < 1.29 is 9.26 Å². The van der Waals surface area contributed by atoms with E-state index in [1.807, 2.05) is 13.0 Å². The van der Waals surface area contributed by atoms with E-state index in [-0.39, 0.29) is 6.10 Å². The number of unbranched alkanes of at least 4 members (excludes halogenated alkanes) is 1. The maximum Gasteiger partial charge on any atom is 0.263 e. The largest absolute Gasteiger partial charge is 0.487 e. The van der Waals surface area contributed by atoms with Crippen LogP contribution in [0.2, 0.25) is 4.34 Å². The van der Waals surface area contributed by atoms with Crippen LogP contribution in [-0.4, -0.2) is 26.2 Å². The summed E-state index contributed by atoms with van der Waals surface area (Å²) in [6.07, 6.45) is 10.9. The molecule has 3 heterocycles. The number of hydrogen-bond acceptors (Lipinski definition) is 8. The van der Waals surface area contributed by atoms with Gasteiger partial charge in [-0.2, -0.15) is 4.98 Å². The molecule has 1 fully saturated rings. The van der Waals surface area contributed by atoms with Gasteiger partial charge in [0.1, 0.15) is 0 Å². The number of aromatic nitrogens is 4. The number of hydrogen-bond donors (Lipinski definition) is 1. The van der Waals surface area contributed by atoms with E-state index in [2.05, 4.69) is 27.4 Å². The molecule has 1 N–H and O–H groups in total. The van der Waals surface area contributed by atoms with Gasteiger partial charge in [-0.05, 0) is 55.8 Å². The predicted molar refractivity (Wildman–Crippen MR) is 123 cm³/mol. The second kappa shape index (κ2) is 10.4. The third-order valence-corrected chi connectivity index (χ3v) is 6.71. The van der Waals surface area contributed by atoms with Gasteiger partial charge in [-0.1, -0.05) is 31.4 Å². The molecule has 0 aliphatic heterocycles. The van der Waals surface area contributed by atoms with Crippen LogP contribution in [-0.2, 0) is 13.0 Å². The summed E-state index contributed by atoms with van der Waals surface area (Å²) in [5, 5.41) is 7.21. The zero-order valence-corrected chi connectivity index (χ0v) is 19.6. The van der Waals surface area contributed by atoms with E-state index in [4.69, 9.17) is 25.8 Å². The summed E-state index contributed by atoms with van der Waals surface area (Å²) in [6.45, 7) is 4.61. The average Bonchev–Trinajstić information content (AvgIpc) is 3.39. The molecule has 3 aromatic heterocycles. The number of aryl methyl sites for hydroxylation is 2. The average molecular weight is 462 g/mol. The first-order valence-corrected chi connectivity index (χ1v) is 12.2. The molecule has 4 rings (SSSR count). The molecule has 1 aliphatic carbocycles. The highest BCUT2D eigenvalue weighted by Crippen LogP contribution is 2.35. The lowest BCUT2D eigenvalue weighted by Crippen LogP contribution is -2.20. The Morgan fingerprint density at radius 2 is 2.10 bits per heavy atom. The molecular weight excluding hydrogens is 434 g/mol. The maximum absolute atomic E-state index is 6.32. The van der Waals surface area contributed by atoms with Crippen LogP contribution >= 0.6 is 22.9 Å². The van der Waals surface area contributed by atoms with Crippen molar-refractivity contribution in [2.45, 2.75) is 77.9 Å². The Hall–Kier alpha value is -2.19. The quantitative estimate of drug-likeness (QED) is 0.405. The van der Waals surface area contributed by atoms with Crippen LogP contribution in [0.25, 0.3) is 10.7 Å². The zero-order chi connectivity index (χ0) is 21.6. The summed E-state index contributed by atoms with van der Waals surface area (Å²) < 4.78 is 12.1. The summed E-state index contributed by atoms with van der Waals surface area (Å²) in [5.74, 6) is 2.55. The van der Waals surface area contributed by atoms with Crippen LogP contribution < -0.4 is 10.1 Å². The number of halogens is 1. The molecule has 3 aromatic rings. The first kappa shape index (κ1) is 22.0. The summed E-state index contributed by atoms with van der Waals surface area (Å²) in [7, 11) is 0. The Morgan fingerprint density at radius 3 is 2.87 bits per heavy atom. The lowest BCUT2D eigenvalue weighted by molar-refractivity contribution is 0.152. The normalized spacial score (nSPS) is 14.7. The molecule has 0 atom stereocenters. The van der Waals surface area contributed by atoms with Crippen molar-refractivity contribution in [3.05, 3.63) is 33.7 Å². The minimum Gasteiger partial charge on any atom is -0.487 e. The molecule has 0 saturated heterocycles. The third-order valence-electron chi connectivity index (χ3n) is 5.41. The lowest BCUT2D eigenvalue weighted by Gasteiger charge is -2.23. The van der Waals surface area contributed by atoms with E-state index < -0.39 is 0 Å². The molecule has 0 bridgehead atoms. The van der Waals surface area contributed by atoms with Crippen molar-refractivity contribution in [3.8, 4) is 16.5 Å². The summed E-state index contributed by atoms with van der Waals surface area (Å²) in [4.78, 5) is 14.6. The Labute approximate surface area is 191 Å². The third kappa shape index (κ3) is 5.74. The van der Waals surface area contributed by atoms with Gasteiger partial charge in [-0.3, -0.25) is 0 Å². The van der Waals surface area contributed by atoms with E-state index in [0.717, 1.165) is 54.0 Å². The zero-order valence-electron chi connectivity index (χ0n) is 18.0. The monoisotopic (exact) mass is 461 g/mol. The molecule has 0 amide bonds. The Bertz CT molecular complexity index is 1000. The van der Waals surface area contributed by atoms with Crippen molar-refractivity contribution in [2.24, 2.45) is 0 Å². The highest BCUT2D eigenvalue weighted by Gasteiger charge is 2.19. The molecule has 31 heavy (non-hydrogen) atoms. The van der Waals surface area contributed by atoms with E-state index in [9.17, 15) is 0 Å². The van der Waals surface area contributed by atoms with Gasteiger partial charge in [-0.25, -0.2) is 9.97 Å². The summed E-state index contributed by atoms with van der Waals surface area (Å²) >= 11 is 7.78. The van der Waals surface area contributed by atoms with Crippen molar-refractivity contribution >= 4 is 28.9 Å². The minimum atomic E-state index is 0.273. The predicted octanol–water partition coefficient (Wildman–Crippen LogP) is 6.22. The number of nitrogens with one attached hydrogen (secondary N) is 1. The number of anilines is 1. The molecule has 7 nitrogen and oxygen atoms in total. The maximum atomic E-state index is 6.32. The van der Waals surface area contributed by atoms with E-state index >= 15 is 0 Å². The highest BCUT2D eigenvalue weighted by atomic mass is 35.5. The molecule has 0 radical (unpaired) electrons. The van der Waals surface area contributed by atoms with Crippen LogP contribution in [0.4, 0.5) is 5.95 Å². The fourth-order valence-electron chi connectivity index (χ4n) is 3.69. The fraction of sp³-hybridized carbons (Fsp3) is 0.545. The molecule has 0 aromatic carbocycles. The minimum absolute atomic E-state index is 0.273. The van der Waals surface area contributed by atoms with Crippen LogP contribution in [0.15, 0.2) is 16.8 Å². The van der Waals surface area contributed by atoms with Crippen molar-refractivity contribution in [2.75, 3.05) is 5.32 Å². The van der Waals surface area contributed by atoms with Crippen molar-refractivity contribution in [3.63, 3.8) is 0 Å². The van der Waals surface area contributed by atoms with E-state index in [0.29, 0.717) is 28.5 Å². The number of ether oxygens (including phenoxy) is 1. The summed E-state index contributed by atoms with van der Waals surface area (Å²) in [6, 6.07) is 1.93. The van der Waals surface area contributed by atoms with Gasteiger partial charge in [0.2, 0.25) is 5.89 Å². The van der Waals surface area contributed by atoms with Gasteiger partial charge >= 0.3 is 0 Å². The van der Waals surface area contributed by atoms with Gasteiger partial charge in [0.25, 0.3) is 5.95 Å². The van der Waals surface area contributed by atoms with Crippen LogP contribution in [0.5, 0.6) is 5.75 Å². The fourth-order valence-corrected chi connectivity index (χ4v) is 4.90. The smallest absolute Gasteiger partial charge is 0.263 e. The topological polar surface area (TPSA) is 86.0 Å². The van der Waals surface area contributed by atoms with Gasteiger partial charge in [0.05, 0.1) is 27.2 Å². The van der Waals surface area contributed by atoms with Crippen LogP contribution in [0.3, 0.4) is 0 Å². The molecular formula is C22H28ClN5O2S. The van der Waals surface area contributed by atoms with Crippen molar-refractivity contribution in [1.29, 1.82) is 0 Å². The van der Waals surface area contributed by atoms with Gasteiger partial charge in [-0.15, -0.1) is 11.3 Å². The molecule has 166 valence electrons. The first-order chi connectivity index (χ1) is 15.1. The molecule has 9 heteroatoms. The second-order valence-electron chi connectivity index (χ2n) is 7.89. The van der Waals surface area contributed by atoms with Gasteiger partial charge < -0.3 is 14.6 Å². The van der Waals surface area contributed by atoms with Crippen LogP contribution in [0, 0.1) is 6.92 Å². The van der Waals surface area contributed by atoms with E-state index in [1.165, 1.54) is 30.6 Å². The number of thiophene rings is 1. The van der Waals surface area contributed by atoms with Gasteiger partial charge in [0, 0.05) is 13.0 Å². The SMILES string of the molecule is CCCCc1nc(NCc2cc(Cl)sc2-c2ncc(OC3CCCCC3)c(C)n2)no1. The molecule has 1 aliphatic rings. The Morgan fingerprint density at radius 1 is 1.26 bits per heavy atom. The molecule has 0 unspecified atom stereocenters. The van der Waals surface area contributed by atoms with Crippen molar-refractivity contribution in [1.82, 2.24) is 20.1 Å². The first-order valence-electron chi connectivity index (χ1n) is 11.0. The second-order valence-corrected chi connectivity index (χ2v) is 9.58.